The third-order valence-corrected chi connectivity index (χ3v) is 3.42. The molecule has 0 atom stereocenters. The smallest absolute Gasteiger partial charge is 0.329 e. The van der Waals surface area contributed by atoms with Gasteiger partial charge >= 0.3 is 5.97 Å². The fourth-order valence-electron chi connectivity index (χ4n) is 2.02. The predicted molar refractivity (Wildman–Crippen MR) is 80.4 cm³/mol. The summed E-state index contributed by atoms with van der Waals surface area (Å²) in [5, 5.41) is 9.20. The van der Waals surface area contributed by atoms with Crippen molar-refractivity contribution in [1.29, 1.82) is 0 Å². The number of rotatable bonds is 7. The normalized spacial score (nSPS) is 11.0. The van der Waals surface area contributed by atoms with Gasteiger partial charge in [0.15, 0.2) is 0 Å². The highest BCUT2D eigenvalue weighted by molar-refractivity contribution is 5.86. The summed E-state index contributed by atoms with van der Waals surface area (Å²) in [6, 6.07) is 7.56. The Bertz CT molecular complexity index is 494. The summed E-state index contributed by atoms with van der Waals surface area (Å²) in [4.78, 5) is 24.7. The van der Waals surface area contributed by atoms with E-state index in [0.29, 0.717) is 12.3 Å². The van der Waals surface area contributed by atoms with E-state index in [-0.39, 0.29) is 18.9 Å². The number of aryl methyl sites for hydroxylation is 1. The number of carbonyl (C=O) groups excluding carboxylic acids is 1. The minimum Gasteiger partial charge on any atom is -0.493 e. The Morgan fingerprint density at radius 3 is 2.29 bits per heavy atom. The van der Waals surface area contributed by atoms with E-state index in [2.05, 4.69) is 0 Å². The number of likely N-dealkylation sites (N-methyl/N-ethyl adjacent to an activating group) is 1. The Morgan fingerprint density at radius 2 is 1.81 bits per heavy atom. The maximum absolute atomic E-state index is 12.2. The first-order valence-electron chi connectivity index (χ1n) is 7.02. The van der Waals surface area contributed by atoms with Gasteiger partial charge in [-0.1, -0.05) is 17.7 Å². The molecule has 116 valence electrons. The van der Waals surface area contributed by atoms with Crippen molar-refractivity contribution in [3.8, 4) is 5.75 Å². The molecule has 21 heavy (non-hydrogen) atoms. The molecule has 0 saturated carbocycles. The van der Waals surface area contributed by atoms with Crippen molar-refractivity contribution in [2.45, 2.75) is 39.7 Å². The molecule has 0 heterocycles. The number of aliphatic carboxylic acids is 1. The SMILES string of the molecule is CCN(C(=O)CCOc1ccc(C)cc1)C(C)(C)C(=O)O. The van der Waals surface area contributed by atoms with Crippen LogP contribution in [0.5, 0.6) is 5.75 Å². The lowest BCUT2D eigenvalue weighted by Crippen LogP contribution is -2.53. The lowest BCUT2D eigenvalue weighted by molar-refractivity contribution is -0.156. The molecule has 0 radical (unpaired) electrons. The van der Waals surface area contributed by atoms with Gasteiger partial charge < -0.3 is 14.7 Å². The Labute approximate surface area is 125 Å². The second-order valence-corrected chi connectivity index (χ2v) is 5.41. The molecule has 0 unspecified atom stereocenters. The van der Waals surface area contributed by atoms with Gasteiger partial charge in [-0.15, -0.1) is 0 Å². The molecule has 0 fully saturated rings. The van der Waals surface area contributed by atoms with E-state index in [1.165, 1.54) is 18.7 Å². The Hall–Kier alpha value is -2.04. The van der Waals surface area contributed by atoms with Crippen molar-refractivity contribution < 1.29 is 19.4 Å². The van der Waals surface area contributed by atoms with Gasteiger partial charge in [0.05, 0.1) is 13.0 Å². The number of nitrogens with zero attached hydrogens (tertiary/aromatic N) is 1. The molecule has 0 aromatic heterocycles. The number of amides is 1. The molecule has 0 saturated heterocycles. The average Bonchev–Trinajstić information content (AvgIpc) is 2.41. The maximum Gasteiger partial charge on any atom is 0.329 e. The van der Waals surface area contributed by atoms with E-state index >= 15 is 0 Å². The van der Waals surface area contributed by atoms with E-state index in [1.807, 2.05) is 31.2 Å². The second-order valence-electron chi connectivity index (χ2n) is 5.41. The van der Waals surface area contributed by atoms with Crippen molar-refractivity contribution in [3.63, 3.8) is 0 Å². The van der Waals surface area contributed by atoms with Crippen LogP contribution in [-0.4, -0.2) is 40.6 Å². The van der Waals surface area contributed by atoms with Crippen LogP contribution in [0.3, 0.4) is 0 Å². The molecule has 0 spiro atoms. The molecule has 5 nitrogen and oxygen atoms in total. The van der Waals surface area contributed by atoms with Crippen molar-refractivity contribution in [2.24, 2.45) is 0 Å². The minimum atomic E-state index is -1.21. The highest BCUT2D eigenvalue weighted by atomic mass is 16.5. The van der Waals surface area contributed by atoms with Crippen LogP contribution in [-0.2, 0) is 9.59 Å². The number of carboxylic acid groups (broad SMARTS) is 1. The van der Waals surface area contributed by atoms with Gasteiger partial charge in [0, 0.05) is 6.54 Å². The van der Waals surface area contributed by atoms with Crippen LogP contribution in [0.2, 0.25) is 0 Å². The van der Waals surface area contributed by atoms with Crippen molar-refractivity contribution in [1.82, 2.24) is 4.90 Å². The monoisotopic (exact) mass is 293 g/mol. The molecule has 1 aromatic rings. The number of hydrogen-bond donors (Lipinski definition) is 1. The summed E-state index contributed by atoms with van der Waals surface area (Å²) in [6.45, 7) is 7.38. The van der Waals surface area contributed by atoms with E-state index < -0.39 is 11.5 Å². The van der Waals surface area contributed by atoms with E-state index in [4.69, 9.17) is 4.74 Å². The number of hydrogen-bond acceptors (Lipinski definition) is 3. The van der Waals surface area contributed by atoms with Gasteiger partial charge in [0.1, 0.15) is 11.3 Å². The van der Waals surface area contributed by atoms with Crippen LogP contribution >= 0.6 is 0 Å². The fourth-order valence-corrected chi connectivity index (χ4v) is 2.02. The third kappa shape index (κ3) is 4.48. The minimum absolute atomic E-state index is 0.151. The first kappa shape index (κ1) is 17.0. The molecule has 5 heteroatoms. The second kappa shape index (κ2) is 7.11. The predicted octanol–water partition coefficient (Wildman–Crippen LogP) is 2.48. The summed E-state index contributed by atoms with van der Waals surface area (Å²) in [6.07, 6.45) is 0.151. The fraction of sp³-hybridized carbons (Fsp3) is 0.500. The van der Waals surface area contributed by atoms with Crippen LogP contribution in [0.1, 0.15) is 32.8 Å². The molecule has 1 aromatic carbocycles. The molecule has 0 bridgehead atoms. The Kier molecular flexibility index (Phi) is 5.76. The summed E-state index contributed by atoms with van der Waals surface area (Å²) < 4.78 is 5.50. The Balaban J connectivity index is 2.55. The largest absolute Gasteiger partial charge is 0.493 e. The quantitative estimate of drug-likeness (QED) is 0.838. The van der Waals surface area contributed by atoms with Gasteiger partial charge in [-0.25, -0.2) is 4.79 Å². The number of carbonyl (C=O) groups is 2. The molecule has 0 aliphatic heterocycles. The highest BCUT2D eigenvalue weighted by Gasteiger charge is 2.36. The van der Waals surface area contributed by atoms with Gasteiger partial charge in [-0.3, -0.25) is 4.79 Å². The zero-order valence-electron chi connectivity index (χ0n) is 13.0. The van der Waals surface area contributed by atoms with Crippen LogP contribution < -0.4 is 4.74 Å². The number of carboxylic acids is 1. The molecule has 0 aliphatic rings. The van der Waals surface area contributed by atoms with Crippen molar-refractivity contribution >= 4 is 11.9 Å². The number of ether oxygens (including phenoxy) is 1. The van der Waals surface area contributed by atoms with E-state index in [0.717, 1.165) is 5.56 Å². The Morgan fingerprint density at radius 1 is 1.24 bits per heavy atom. The van der Waals surface area contributed by atoms with E-state index in [1.54, 1.807) is 6.92 Å². The summed E-state index contributed by atoms with van der Waals surface area (Å²) in [5.74, 6) is -0.539. The topological polar surface area (TPSA) is 66.8 Å². The summed E-state index contributed by atoms with van der Waals surface area (Å²) in [5.41, 5.74) is -0.0748. The number of benzene rings is 1. The van der Waals surface area contributed by atoms with Crippen molar-refractivity contribution in [2.75, 3.05) is 13.2 Å². The van der Waals surface area contributed by atoms with Gasteiger partial charge in [0.25, 0.3) is 0 Å². The van der Waals surface area contributed by atoms with Crippen molar-refractivity contribution in [3.05, 3.63) is 29.8 Å². The summed E-state index contributed by atoms with van der Waals surface area (Å²) in [7, 11) is 0. The summed E-state index contributed by atoms with van der Waals surface area (Å²) >= 11 is 0. The van der Waals surface area contributed by atoms with Gasteiger partial charge in [-0.05, 0) is 39.8 Å². The molecule has 1 N–H and O–H groups in total. The third-order valence-electron chi connectivity index (χ3n) is 3.42. The lowest BCUT2D eigenvalue weighted by Gasteiger charge is -2.34. The first-order valence-corrected chi connectivity index (χ1v) is 7.02. The average molecular weight is 293 g/mol. The lowest BCUT2D eigenvalue weighted by atomic mass is 10.0. The molecule has 1 amide bonds. The van der Waals surface area contributed by atoms with Gasteiger partial charge in [-0.2, -0.15) is 0 Å². The first-order chi connectivity index (χ1) is 9.78. The molecule has 0 aliphatic carbocycles. The molecular formula is C16H23NO4. The van der Waals surface area contributed by atoms with Crippen LogP contribution in [0, 0.1) is 6.92 Å². The van der Waals surface area contributed by atoms with Gasteiger partial charge in [0.2, 0.25) is 5.91 Å². The standard InChI is InChI=1S/C16H23NO4/c1-5-17(16(3,4)15(19)20)14(18)10-11-21-13-8-6-12(2)7-9-13/h6-9H,5,10-11H2,1-4H3,(H,19,20). The molecule has 1 rings (SSSR count). The highest BCUT2D eigenvalue weighted by Crippen LogP contribution is 2.16. The van der Waals surface area contributed by atoms with Crippen LogP contribution in [0.25, 0.3) is 0 Å². The zero-order chi connectivity index (χ0) is 16.0. The molecular weight excluding hydrogens is 270 g/mol. The zero-order valence-corrected chi connectivity index (χ0v) is 13.0. The van der Waals surface area contributed by atoms with E-state index in [9.17, 15) is 14.7 Å². The van der Waals surface area contributed by atoms with Crippen LogP contribution in [0.15, 0.2) is 24.3 Å². The maximum atomic E-state index is 12.2. The van der Waals surface area contributed by atoms with Crippen LogP contribution in [0.4, 0.5) is 0 Å².